The molecule has 0 heterocycles. The fourth-order valence-corrected chi connectivity index (χ4v) is 2.03. The number of para-hydroxylation sites is 1. The number of aliphatic hydroxyl groups excluding tert-OH is 1. The second-order valence-electron chi connectivity index (χ2n) is 5.01. The fraction of sp³-hybridized carbons (Fsp3) is 0.235. The van der Waals surface area contributed by atoms with Crippen molar-refractivity contribution in [1.29, 1.82) is 0 Å². The number of amides is 1. The fourth-order valence-electron chi connectivity index (χ4n) is 2.03. The molecule has 1 atom stereocenters. The maximum absolute atomic E-state index is 11.7. The Morgan fingerprint density at radius 3 is 2.55 bits per heavy atom. The van der Waals surface area contributed by atoms with Crippen LogP contribution >= 0.6 is 0 Å². The summed E-state index contributed by atoms with van der Waals surface area (Å²) in [7, 11) is 1.55. The van der Waals surface area contributed by atoms with Gasteiger partial charge in [-0.05, 0) is 31.2 Å². The Morgan fingerprint density at radius 1 is 1.18 bits per heavy atom. The lowest BCUT2D eigenvalue weighted by atomic mass is 10.2. The Hall–Kier alpha value is -2.53. The van der Waals surface area contributed by atoms with Gasteiger partial charge in [-0.2, -0.15) is 0 Å². The van der Waals surface area contributed by atoms with Gasteiger partial charge in [0.15, 0.2) is 0 Å². The van der Waals surface area contributed by atoms with E-state index in [0.717, 1.165) is 11.4 Å². The van der Waals surface area contributed by atoms with E-state index in [0.29, 0.717) is 11.4 Å². The van der Waals surface area contributed by atoms with Gasteiger partial charge in [-0.3, -0.25) is 4.79 Å². The number of benzene rings is 2. The molecule has 2 rings (SSSR count). The molecule has 1 amide bonds. The van der Waals surface area contributed by atoms with Crippen LogP contribution < -0.4 is 15.4 Å². The second kappa shape index (κ2) is 7.47. The molecule has 0 aromatic heterocycles. The highest BCUT2D eigenvalue weighted by molar-refractivity contribution is 5.93. The summed E-state index contributed by atoms with van der Waals surface area (Å²) in [4.78, 5) is 11.7. The van der Waals surface area contributed by atoms with Crippen molar-refractivity contribution in [3.63, 3.8) is 0 Å². The third-order valence-electron chi connectivity index (χ3n) is 3.02. The molecule has 2 aromatic rings. The SMILES string of the molecule is COc1cc(Nc2ccccc2)ccc1NC(=O)CC(C)O. The summed E-state index contributed by atoms with van der Waals surface area (Å²) in [5.74, 6) is 0.303. The number of methoxy groups -OCH3 is 1. The highest BCUT2D eigenvalue weighted by Crippen LogP contribution is 2.29. The Labute approximate surface area is 129 Å². The first-order valence-corrected chi connectivity index (χ1v) is 7.06. The van der Waals surface area contributed by atoms with Crippen LogP contribution in [0.2, 0.25) is 0 Å². The molecule has 0 radical (unpaired) electrons. The molecule has 3 N–H and O–H groups in total. The molecule has 22 heavy (non-hydrogen) atoms. The largest absolute Gasteiger partial charge is 0.494 e. The van der Waals surface area contributed by atoms with E-state index < -0.39 is 6.10 Å². The lowest BCUT2D eigenvalue weighted by Crippen LogP contribution is -2.17. The summed E-state index contributed by atoms with van der Waals surface area (Å²) in [6.45, 7) is 1.57. The van der Waals surface area contributed by atoms with Crippen molar-refractivity contribution >= 4 is 23.0 Å². The quantitative estimate of drug-likeness (QED) is 0.766. The number of anilines is 3. The maximum atomic E-state index is 11.7. The molecule has 0 fully saturated rings. The molecule has 0 saturated carbocycles. The Morgan fingerprint density at radius 2 is 1.91 bits per heavy atom. The summed E-state index contributed by atoms with van der Waals surface area (Å²) in [6, 6.07) is 15.2. The van der Waals surface area contributed by atoms with Crippen LogP contribution in [-0.4, -0.2) is 24.2 Å². The lowest BCUT2D eigenvalue weighted by molar-refractivity contribution is -0.117. The minimum absolute atomic E-state index is 0.0488. The standard InChI is InChI=1S/C17H20N2O3/c1-12(20)10-17(21)19-15-9-8-14(11-16(15)22-2)18-13-6-4-3-5-7-13/h3-9,11-12,18,20H,10H2,1-2H3,(H,19,21). The topological polar surface area (TPSA) is 70.6 Å². The number of aliphatic hydroxyl groups is 1. The number of hydrogen-bond acceptors (Lipinski definition) is 4. The Kier molecular flexibility index (Phi) is 5.38. The average Bonchev–Trinajstić information content (AvgIpc) is 2.49. The summed E-state index contributed by atoms with van der Waals surface area (Å²) in [6.07, 6.45) is -0.627. The van der Waals surface area contributed by atoms with E-state index in [1.54, 1.807) is 20.1 Å². The first-order chi connectivity index (χ1) is 10.6. The molecule has 5 heteroatoms. The highest BCUT2D eigenvalue weighted by Gasteiger charge is 2.10. The van der Waals surface area contributed by atoms with Gasteiger partial charge in [0.1, 0.15) is 5.75 Å². The average molecular weight is 300 g/mol. The molecule has 0 aliphatic rings. The van der Waals surface area contributed by atoms with E-state index in [4.69, 9.17) is 4.74 Å². The van der Waals surface area contributed by atoms with Crippen LogP contribution in [0.4, 0.5) is 17.1 Å². The minimum atomic E-state index is -0.676. The van der Waals surface area contributed by atoms with E-state index in [2.05, 4.69) is 10.6 Å². The zero-order valence-corrected chi connectivity index (χ0v) is 12.7. The number of carbonyl (C=O) groups is 1. The third-order valence-corrected chi connectivity index (χ3v) is 3.02. The van der Waals surface area contributed by atoms with Gasteiger partial charge >= 0.3 is 0 Å². The van der Waals surface area contributed by atoms with Crippen LogP contribution in [0.1, 0.15) is 13.3 Å². The van der Waals surface area contributed by atoms with Crippen LogP contribution in [0.15, 0.2) is 48.5 Å². The molecule has 0 aliphatic heterocycles. The van der Waals surface area contributed by atoms with Gasteiger partial charge in [-0.25, -0.2) is 0 Å². The van der Waals surface area contributed by atoms with Gasteiger partial charge in [-0.1, -0.05) is 18.2 Å². The van der Waals surface area contributed by atoms with Crippen molar-refractivity contribution in [3.8, 4) is 5.75 Å². The van der Waals surface area contributed by atoms with Crippen LogP contribution in [0, 0.1) is 0 Å². The molecule has 116 valence electrons. The van der Waals surface area contributed by atoms with Crippen molar-refractivity contribution in [1.82, 2.24) is 0 Å². The van der Waals surface area contributed by atoms with Crippen LogP contribution in [0.3, 0.4) is 0 Å². The Bertz CT molecular complexity index is 627. The summed E-state index contributed by atoms with van der Waals surface area (Å²) in [5.41, 5.74) is 2.40. The number of ether oxygens (including phenoxy) is 1. The van der Waals surface area contributed by atoms with Gasteiger partial charge in [-0.15, -0.1) is 0 Å². The van der Waals surface area contributed by atoms with E-state index >= 15 is 0 Å². The zero-order chi connectivity index (χ0) is 15.9. The zero-order valence-electron chi connectivity index (χ0n) is 12.7. The third kappa shape index (κ3) is 4.49. The van der Waals surface area contributed by atoms with Crippen molar-refractivity contribution in [3.05, 3.63) is 48.5 Å². The van der Waals surface area contributed by atoms with Crippen LogP contribution in [0.5, 0.6) is 5.75 Å². The molecule has 0 aliphatic carbocycles. The van der Waals surface area contributed by atoms with Crippen LogP contribution in [-0.2, 0) is 4.79 Å². The number of nitrogens with one attached hydrogen (secondary N) is 2. The monoisotopic (exact) mass is 300 g/mol. The second-order valence-corrected chi connectivity index (χ2v) is 5.01. The normalized spacial score (nSPS) is 11.6. The van der Waals surface area contributed by atoms with Gasteiger partial charge < -0.3 is 20.5 Å². The predicted octanol–water partition coefficient (Wildman–Crippen LogP) is 3.15. The number of carbonyl (C=O) groups excluding carboxylic acids is 1. The first-order valence-electron chi connectivity index (χ1n) is 7.06. The lowest BCUT2D eigenvalue weighted by Gasteiger charge is -2.13. The van der Waals surface area contributed by atoms with Crippen molar-refractivity contribution in [2.75, 3.05) is 17.7 Å². The van der Waals surface area contributed by atoms with Gasteiger partial charge in [0.05, 0.1) is 25.3 Å². The smallest absolute Gasteiger partial charge is 0.227 e. The van der Waals surface area contributed by atoms with E-state index in [9.17, 15) is 9.90 Å². The molecular weight excluding hydrogens is 280 g/mol. The molecule has 5 nitrogen and oxygen atoms in total. The maximum Gasteiger partial charge on any atom is 0.227 e. The Balaban J connectivity index is 2.12. The number of rotatable bonds is 6. The van der Waals surface area contributed by atoms with Gasteiger partial charge in [0.25, 0.3) is 0 Å². The minimum Gasteiger partial charge on any atom is -0.494 e. The molecule has 0 spiro atoms. The van der Waals surface area contributed by atoms with Crippen LogP contribution in [0.25, 0.3) is 0 Å². The number of hydrogen-bond donors (Lipinski definition) is 3. The van der Waals surface area contributed by atoms with Gasteiger partial charge in [0, 0.05) is 17.4 Å². The van der Waals surface area contributed by atoms with E-state index in [1.165, 1.54) is 0 Å². The predicted molar refractivity (Wildman–Crippen MR) is 87.6 cm³/mol. The summed E-state index contributed by atoms with van der Waals surface area (Å²) < 4.78 is 5.31. The van der Waals surface area contributed by atoms with E-state index in [-0.39, 0.29) is 12.3 Å². The highest BCUT2D eigenvalue weighted by atomic mass is 16.5. The molecule has 0 saturated heterocycles. The summed E-state index contributed by atoms with van der Waals surface area (Å²) >= 11 is 0. The molecule has 1 unspecified atom stereocenters. The molecule has 0 bridgehead atoms. The molecular formula is C17H20N2O3. The summed E-state index contributed by atoms with van der Waals surface area (Å²) in [5, 5.41) is 15.2. The first kappa shape index (κ1) is 15.9. The molecule has 2 aromatic carbocycles. The van der Waals surface area contributed by atoms with Crippen molar-refractivity contribution < 1.29 is 14.6 Å². The van der Waals surface area contributed by atoms with E-state index in [1.807, 2.05) is 42.5 Å². The van der Waals surface area contributed by atoms with Gasteiger partial charge in [0.2, 0.25) is 5.91 Å². The van der Waals surface area contributed by atoms with Crippen molar-refractivity contribution in [2.45, 2.75) is 19.4 Å². The van der Waals surface area contributed by atoms with Crippen molar-refractivity contribution in [2.24, 2.45) is 0 Å².